The second-order valence-corrected chi connectivity index (χ2v) is 4.73. The summed E-state index contributed by atoms with van der Waals surface area (Å²) in [6.07, 6.45) is 0.161. The predicted molar refractivity (Wildman–Crippen MR) is 67.2 cm³/mol. The molecule has 0 bridgehead atoms. The van der Waals surface area contributed by atoms with Crippen LogP contribution in [0, 0.1) is 19.8 Å². The third-order valence-corrected chi connectivity index (χ3v) is 3.33. The van der Waals surface area contributed by atoms with E-state index in [0.29, 0.717) is 12.1 Å². The first-order valence-corrected chi connectivity index (χ1v) is 5.80. The maximum atomic E-state index is 11.9. The van der Waals surface area contributed by atoms with Gasteiger partial charge in [0.25, 0.3) is 0 Å². The molecule has 2 rings (SSSR count). The number of primary amides is 1. The van der Waals surface area contributed by atoms with Gasteiger partial charge in [-0.2, -0.15) is 0 Å². The molecule has 1 heterocycles. The molecule has 0 aliphatic carbocycles. The summed E-state index contributed by atoms with van der Waals surface area (Å²) in [6, 6.07) is 3.38. The fourth-order valence-electron chi connectivity index (χ4n) is 2.21. The zero-order valence-corrected chi connectivity index (χ0v) is 10.4. The van der Waals surface area contributed by atoms with E-state index < -0.39 is 11.8 Å². The van der Waals surface area contributed by atoms with E-state index in [2.05, 4.69) is 0 Å². The van der Waals surface area contributed by atoms with Crippen molar-refractivity contribution in [2.24, 2.45) is 11.7 Å². The van der Waals surface area contributed by atoms with Crippen LogP contribution in [0.25, 0.3) is 0 Å². The van der Waals surface area contributed by atoms with Gasteiger partial charge < -0.3 is 15.7 Å². The summed E-state index contributed by atoms with van der Waals surface area (Å²) >= 11 is 0. The molecule has 0 aromatic heterocycles. The van der Waals surface area contributed by atoms with Gasteiger partial charge in [-0.3, -0.25) is 9.59 Å². The Morgan fingerprint density at radius 1 is 1.39 bits per heavy atom. The Kier molecular flexibility index (Phi) is 2.98. The maximum Gasteiger partial charge on any atom is 0.227 e. The minimum absolute atomic E-state index is 0.105. The molecule has 3 N–H and O–H groups in total. The average Bonchev–Trinajstić information content (AvgIpc) is 2.66. The van der Waals surface area contributed by atoms with Gasteiger partial charge in [0.2, 0.25) is 11.8 Å². The summed E-state index contributed by atoms with van der Waals surface area (Å²) < 4.78 is 0. The lowest BCUT2D eigenvalue weighted by Gasteiger charge is -2.20. The monoisotopic (exact) mass is 248 g/mol. The Balaban J connectivity index is 2.35. The first kappa shape index (κ1) is 12.4. The zero-order valence-electron chi connectivity index (χ0n) is 10.4. The van der Waals surface area contributed by atoms with Crippen molar-refractivity contribution in [2.75, 3.05) is 11.4 Å². The van der Waals surface area contributed by atoms with Crippen LogP contribution >= 0.6 is 0 Å². The molecular formula is C13H16N2O3. The standard InChI is InChI=1S/C13H16N2O3/c1-7-4-11(16)8(2)3-10(7)15-6-9(13(14)18)5-12(15)17/h3-4,9,16H,5-6H2,1-2H3,(H2,14,18). The molecule has 0 spiro atoms. The highest BCUT2D eigenvalue weighted by Crippen LogP contribution is 2.32. The molecule has 1 aliphatic rings. The number of hydrogen-bond donors (Lipinski definition) is 2. The number of carbonyl (C=O) groups excluding carboxylic acids is 2. The van der Waals surface area contributed by atoms with Gasteiger partial charge in [-0.15, -0.1) is 0 Å². The highest BCUT2D eigenvalue weighted by atomic mass is 16.3. The number of aryl methyl sites for hydroxylation is 2. The molecule has 1 aromatic rings. The van der Waals surface area contributed by atoms with Gasteiger partial charge in [-0.1, -0.05) is 0 Å². The number of benzene rings is 1. The Morgan fingerprint density at radius 3 is 2.61 bits per heavy atom. The molecule has 5 heteroatoms. The van der Waals surface area contributed by atoms with Crippen molar-refractivity contribution < 1.29 is 14.7 Å². The van der Waals surface area contributed by atoms with Crippen LogP contribution in [0.1, 0.15) is 17.5 Å². The largest absolute Gasteiger partial charge is 0.508 e. The molecule has 96 valence electrons. The quantitative estimate of drug-likeness (QED) is 0.813. The summed E-state index contributed by atoms with van der Waals surface area (Å²) in [5, 5.41) is 9.60. The van der Waals surface area contributed by atoms with Gasteiger partial charge in [0, 0.05) is 18.7 Å². The summed E-state index contributed by atoms with van der Waals surface area (Å²) in [5.74, 6) is -0.772. The minimum atomic E-state index is -0.445. The highest BCUT2D eigenvalue weighted by Gasteiger charge is 2.34. The predicted octanol–water partition coefficient (Wildman–Crippen LogP) is 0.847. The van der Waals surface area contributed by atoms with Crippen molar-refractivity contribution in [1.82, 2.24) is 0 Å². The summed E-state index contributed by atoms with van der Waals surface area (Å²) in [5.41, 5.74) is 7.47. The van der Waals surface area contributed by atoms with Crippen molar-refractivity contribution in [3.8, 4) is 5.75 Å². The van der Waals surface area contributed by atoms with Crippen molar-refractivity contribution >= 4 is 17.5 Å². The van der Waals surface area contributed by atoms with E-state index in [9.17, 15) is 14.7 Å². The lowest BCUT2D eigenvalue weighted by molar-refractivity contribution is -0.123. The first-order chi connectivity index (χ1) is 8.40. The zero-order chi connectivity index (χ0) is 13.4. The third kappa shape index (κ3) is 2.03. The van der Waals surface area contributed by atoms with E-state index in [1.165, 1.54) is 0 Å². The van der Waals surface area contributed by atoms with Crippen LogP contribution < -0.4 is 10.6 Å². The van der Waals surface area contributed by atoms with E-state index in [4.69, 9.17) is 5.73 Å². The molecular weight excluding hydrogens is 232 g/mol. The average molecular weight is 248 g/mol. The SMILES string of the molecule is Cc1cc(N2CC(C(N)=O)CC2=O)c(C)cc1O. The maximum absolute atomic E-state index is 11.9. The van der Waals surface area contributed by atoms with Crippen LogP contribution in [-0.2, 0) is 9.59 Å². The second kappa shape index (κ2) is 4.33. The molecule has 1 saturated heterocycles. The summed E-state index contributed by atoms with van der Waals surface area (Å²) in [7, 11) is 0. The lowest BCUT2D eigenvalue weighted by atomic mass is 10.1. The second-order valence-electron chi connectivity index (χ2n) is 4.73. The lowest BCUT2D eigenvalue weighted by Crippen LogP contribution is -2.28. The Bertz CT molecular complexity index is 525. The van der Waals surface area contributed by atoms with Gasteiger partial charge in [0.15, 0.2) is 0 Å². The molecule has 0 radical (unpaired) electrons. The molecule has 18 heavy (non-hydrogen) atoms. The van der Waals surface area contributed by atoms with Crippen molar-refractivity contribution in [2.45, 2.75) is 20.3 Å². The van der Waals surface area contributed by atoms with E-state index in [0.717, 1.165) is 11.3 Å². The van der Waals surface area contributed by atoms with Crippen LogP contribution in [0.4, 0.5) is 5.69 Å². The molecule has 2 amide bonds. The van der Waals surface area contributed by atoms with E-state index in [1.54, 1.807) is 24.0 Å². The van der Waals surface area contributed by atoms with Crippen molar-refractivity contribution in [3.05, 3.63) is 23.3 Å². The first-order valence-electron chi connectivity index (χ1n) is 5.80. The number of aromatic hydroxyl groups is 1. The summed E-state index contributed by atoms with van der Waals surface area (Å²) in [6.45, 7) is 3.91. The molecule has 0 saturated carbocycles. The smallest absolute Gasteiger partial charge is 0.227 e. The molecule has 5 nitrogen and oxygen atoms in total. The third-order valence-electron chi connectivity index (χ3n) is 3.33. The van der Waals surface area contributed by atoms with Gasteiger partial charge >= 0.3 is 0 Å². The van der Waals surface area contributed by atoms with Gasteiger partial charge in [-0.05, 0) is 37.1 Å². The number of nitrogens with two attached hydrogens (primary N) is 1. The number of anilines is 1. The Labute approximate surface area is 105 Å². The summed E-state index contributed by atoms with van der Waals surface area (Å²) in [4.78, 5) is 24.6. The van der Waals surface area contributed by atoms with E-state index in [1.807, 2.05) is 6.92 Å². The van der Waals surface area contributed by atoms with Crippen LogP contribution in [0.2, 0.25) is 0 Å². The van der Waals surface area contributed by atoms with Crippen molar-refractivity contribution in [1.29, 1.82) is 0 Å². The topological polar surface area (TPSA) is 83.6 Å². The molecule has 1 unspecified atom stereocenters. The van der Waals surface area contributed by atoms with Crippen LogP contribution in [-0.4, -0.2) is 23.5 Å². The fraction of sp³-hybridized carbons (Fsp3) is 0.385. The number of rotatable bonds is 2. The van der Waals surface area contributed by atoms with Crippen LogP contribution in [0.3, 0.4) is 0 Å². The highest BCUT2D eigenvalue weighted by molar-refractivity contribution is 6.00. The normalized spacial score (nSPS) is 19.3. The number of hydrogen-bond acceptors (Lipinski definition) is 3. The van der Waals surface area contributed by atoms with E-state index >= 15 is 0 Å². The van der Waals surface area contributed by atoms with Crippen LogP contribution in [0.15, 0.2) is 12.1 Å². The number of phenolic OH excluding ortho intramolecular Hbond substituents is 1. The van der Waals surface area contributed by atoms with Gasteiger partial charge in [0.1, 0.15) is 5.75 Å². The number of carbonyl (C=O) groups is 2. The Hall–Kier alpha value is -2.04. The number of phenols is 1. The van der Waals surface area contributed by atoms with Gasteiger partial charge in [-0.25, -0.2) is 0 Å². The molecule has 1 aliphatic heterocycles. The molecule has 1 aromatic carbocycles. The minimum Gasteiger partial charge on any atom is -0.508 e. The molecule has 1 atom stereocenters. The Morgan fingerprint density at radius 2 is 2.06 bits per heavy atom. The fourth-order valence-corrected chi connectivity index (χ4v) is 2.21. The number of amides is 2. The van der Waals surface area contributed by atoms with Crippen molar-refractivity contribution in [3.63, 3.8) is 0 Å². The van der Waals surface area contributed by atoms with E-state index in [-0.39, 0.29) is 18.1 Å². The molecule has 1 fully saturated rings. The van der Waals surface area contributed by atoms with Crippen LogP contribution in [0.5, 0.6) is 5.75 Å². The van der Waals surface area contributed by atoms with Gasteiger partial charge in [0.05, 0.1) is 5.92 Å². The number of nitrogens with zero attached hydrogens (tertiary/aromatic N) is 1.